The molecule has 1 amide bonds. The molecule has 3 aliphatic rings. The summed E-state index contributed by atoms with van der Waals surface area (Å²) >= 11 is 0. The molecular formula is C12H17ClN4O3S. The molecule has 1 unspecified atom stereocenters. The van der Waals surface area contributed by atoms with Crippen LogP contribution in [0.2, 0.25) is 0 Å². The Morgan fingerprint density at radius 2 is 2.24 bits per heavy atom. The van der Waals surface area contributed by atoms with Crippen molar-refractivity contribution in [2.75, 3.05) is 25.4 Å². The van der Waals surface area contributed by atoms with E-state index in [1.54, 1.807) is 23.3 Å². The van der Waals surface area contributed by atoms with Crippen LogP contribution < -0.4 is 10.6 Å². The molecule has 0 aromatic carbocycles. The first-order chi connectivity index (χ1) is 9.53. The molecule has 0 bridgehead atoms. The molecular weight excluding hydrogens is 316 g/mol. The van der Waals surface area contributed by atoms with Crippen LogP contribution in [-0.2, 0) is 14.8 Å². The van der Waals surface area contributed by atoms with E-state index in [9.17, 15) is 13.2 Å². The summed E-state index contributed by atoms with van der Waals surface area (Å²) in [7, 11) is -3.35. The van der Waals surface area contributed by atoms with Crippen molar-refractivity contribution < 1.29 is 13.2 Å². The number of carbonyl (C=O) groups is 1. The van der Waals surface area contributed by atoms with Crippen LogP contribution in [0.15, 0.2) is 28.3 Å². The largest absolute Gasteiger partial charge is 0.348 e. The van der Waals surface area contributed by atoms with E-state index in [1.807, 2.05) is 0 Å². The highest BCUT2D eigenvalue weighted by molar-refractivity contribution is 7.90. The zero-order valence-corrected chi connectivity index (χ0v) is 12.9. The van der Waals surface area contributed by atoms with E-state index in [-0.39, 0.29) is 30.1 Å². The molecule has 1 atom stereocenters. The summed E-state index contributed by atoms with van der Waals surface area (Å²) in [6.07, 6.45) is 5.76. The monoisotopic (exact) mass is 332 g/mol. The molecule has 0 aromatic rings. The molecule has 116 valence electrons. The van der Waals surface area contributed by atoms with E-state index in [2.05, 4.69) is 15.0 Å². The number of amidine groups is 1. The van der Waals surface area contributed by atoms with Crippen LogP contribution in [0.3, 0.4) is 0 Å². The summed E-state index contributed by atoms with van der Waals surface area (Å²) in [5, 5.41) is 6.14. The van der Waals surface area contributed by atoms with Crippen LogP contribution in [0.25, 0.3) is 0 Å². The molecule has 3 aliphatic heterocycles. The molecule has 0 aliphatic carbocycles. The fourth-order valence-electron chi connectivity index (χ4n) is 2.38. The summed E-state index contributed by atoms with van der Waals surface area (Å²) in [4.78, 5) is 13.8. The minimum atomic E-state index is -3.35. The quantitative estimate of drug-likeness (QED) is 0.703. The van der Waals surface area contributed by atoms with Gasteiger partial charge >= 0.3 is 0 Å². The van der Waals surface area contributed by atoms with E-state index >= 15 is 0 Å². The van der Waals surface area contributed by atoms with Crippen molar-refractivity contribution in [1.82, 2.24) is 15.5 Å². The fourth-order valence-corrected chi connectivity index (χ4v) is 3.35. The van der Waals surface area contributed by atoms with Crippen LogP contribution in [0.1, 0.15) is 6.42 Å². The second kappa shape index (κ2) is 6.17. The third kappa shape index (κ3) is 3.63. The van der Waals surface area contributed by atoms with Crippen LogP contribution in [-0.4, -0.2) is 56.5 Å². The number of halogens is 1. The van der Waals surface area contributed by atoms with Crippen molar-refractivity contribution in [1.29, 1.82) is 0 Å². The normalized spacial score (nSPS) is 26.3. The zero-order chi connectivity index (χ0) is 14.2. The van der Waals surface area contributed by atoms with Crippen molar-refractivity contribution in [2.45, 2.75) is 12.5 Å². The molecule has 0 spiro atoms. The lowest BCUT2D eigenvalue weighted by Crippen LogP contribution is -2.40. The highest BCUT2D eigenvalue weighted by atomic mass is 35.5. The first-order valence-electron chi connectivity index (χ1n) is 6.54. The van der Waals surface area contributed by atoms with Gasteiger partial charge < -0.3 is 15.5 Å². The van der Waals surface area contributed by atoms with Gasteiger partial charge in [-0.25, -0.2) is 8.42 Å². The lowest BCUT2D eigenvalue weighted by atomic mass is 10.1. The summed E-state index contributed by atoms with van der Waals surface area (Å²) in [6, 6.07) is 0.161. The number of nitrogens with zero attached hydrogens (tertiary/aromatic N) is 2. The number of amides is 1. The average molecular weight is 333 g/mol. The molecule has 7 nitrogen and oxygen atoms in total. The van der Waals surface area contributed by atoms with Crippen LogP contribution in [0.5, 0.6) is 0 Å². The summed E-state index contributed by atoms with van der Waals surface area (Å²) in [6.45, 7) is 2.03. The second-order valence-electron chi connectivity index (χ2n) is 5.01. The number of carbonyl (C=O) groups excluding carboxylic acids is 1. The number of hydrogen-bond donors (Lipinski definition) is 2. The van der Waals surface area contributed by atoms with Crippen molar-refractivity contribution in [3.63, 3.8) is 0 Å². The van der Waals surface area contributed by atoms with Crippen molar-refractivity contribution in [2.24, 2.45) is 4.40 Å². The van der Waals surface area contributed by atoms with Gasteiger partial charge in [0.25, 0.3) is 15.9 Å². The zero-order valence-electron chi connectivity index (χ0n) is 11.3. The van der Waals surface area contributed by atoms with Gasteiger partial charge in [-0.15, -0.1) is 16.8 Å². The van der Waals surface area contributed by atoms with Crippen molar-refractivity contribution in [3.05, 3.63) is 23.9 Å². The van der Waals surface area contributed by atoms with E-state index in [0.29, 0.717) is 18.0 Å². The smallest absolute Gasteiger partial charge is 0.256 e. The lowest BCUT2D eigenvalue weighted by molar-refractivity contribution is -0.117. The summed E-state index contributed by atoms with van der Waals surface area (Å²) in [5.74, 6) is 0.209. The maximum atomic E-state index is 12.1. The van der Waals surface area contributed by atoms with Gasteiger partial charge in [0.2, 0.25) is 0 Å². The standard InChI is InChI=1S/C12H16N4O3S.ClH/c17-12(14-10-3-4-13-7-10)9-1-2-11-15-20(18,19)6-5-16(11)8-9;/h1-2,8,10,13H,3-7H2,(H,14,17);1H. The van der Waals surface area contributed by atoms with Crippen LogP contribution in [0, 0.1) is 0 Å². The lowest BCUT2D eigenvalue weighted by Gasteiger charge is -2.27. The van der Waals surface area contributed by atoms with Gasteiger partial charge in [0, 0.05) is 25.3 Å². The number of rotatable bonds is 2. The number of fused-ring (bicyclic) bond motifs is 1. The summed E-state index contributed by atoms with van der Waals surface area (Å²) in [5.41, 5.74) is 0.523. The first kappa shape index (κ1) is 16.0. The highest BCUT2D eigenvalue weighted by Gasteiger charge is 2.26. The maximum Gasteiger partial charge on any atom is 0.256 e. The minimum absolute atomic E-state index is 0. The first-order valence-corrected chi connectivity index (χ1v) is 8.15. The molecule has 1 fully saturated rings. The Hall–Kier alpha value is -1.38. The van der Waals surface area contributed by atoms with E-state index < -0.39 is 10.0 Å². The maximum absolute atomic E-state index is 12.1. The predicted molar refractivity (Wildman–Crippen MR) is 81.8 cm³/mol. The number of hydrogen-bond acceptors (Lipinski definition) is 5. The highest BCUT2D eigenvalue weighted by Crippen LogP contribution is 2.16. The molecule has 0 radical (unpaired) electrons. The Balaban J connectivity index is 0.00000161. The molecule has 2 N–H and O–H groups in total. The predicted octanol–water partition coefficient (Wildman–Crippen LogP) is -0.616. The van der Waals surface area contributed by atoms with Gasteiger partial charge in [-0.05, 0) is 25.1 Å². The Morgan fingerprint density at radius 1 is 1.43 bits per heavy atom. The molecule has 0 aromatic heterocycles. The summed E-state index contributed by atoms with van der Waals surface area (Å²) < 4.78 is 26.5. The third-order valence-corrected chi connectivity index (χ3v) is 4.65. The topological polar surface area (TPSA) is 90.9 Å². The molecule has 3 rings (SSSR count). The second-order valence-corrected chi connectivity index (χ2v) is 6.76. The van der Waals surface area contributed by atoms with Gasteiger partial charge in [-0.1, -0.05) is 0 Å². The van der Waals surface area contributed by atoms with Gasteiger partial charge in [-0.3, -0.25) is 4.79 Å². The van der Waals surface area contributed by atoms with Gasteiger partial charge in [0.15, 0.2) is 0 Å². The third-order valence-electron chi connectivity index (χ3n) is 3.48. The molecule has 1 saturated heterocycles. The molecule has 21 heavy (non-hydrogen) atoms. The fraction of sp³-hybridized carbons (Fsp3) is 0.500. The van der Waals surface area contributed by atoms with Crippen molar-refractivity contribution >= 4 is 34.2 Å². The Labute approximate surface area is 129 Å². The van der Waals surface area contributed by atoms with Gasteiger partial charge in [-0.2, -0.15) is 0 Å². The minimum Gasteiger partial charge on any atom is -0.348 e. The average Bonchev–Trinajstić information content (AvgIpc) is 2.90. The number of nitrogens with one attached hydrogen (secondary N) is 2. The van der Waals surface area contributed by atoms with Gasteiger partial charge in [0.1, 0.15) is 5.84 Å². The van der Waals surface area contributed by atoms with Gasteiger partial charge in [0.05, 0.1) is 11.3 Å². The Morgan fingerprint density at radius 3 is 2.95 bits per heavy atom. The van der Waals surface area contributed by atoms with E-state index in [1.165, 1.54) is 0 Å². The van der Waals surface area contributed by atoms with E-state index in [4.69, 9.17) is 0 Å². The van der Waals surface area contributed by atoms with Crippen LogP contribution >= 0.6 is 12.4 Å². The Kier molecular flexibility index (Phi) is 4.70. The molecule has 9 heteroatoms. The SMILES string of the molecule is Cl.O=C(NC1CCNC1)C1=CN2CCS(=O)(=O)N=C2C=C1. The van der Waals surface area contributed by atoms with E-state index in [0.717, 1.165) is 19.5 Å². The molecule has 3 heterocycles. The van der Waals surface area contributed by atoms with Crippen LogP contribution in [0.4, 0.5) is 0 Å². The Bertz CT molecular complexity index is 620. The number of sulfonamides is 1. The van der Waals surface area contributed by atoms with Crippen molar-refractivity contribution in [3.8, 4) is 0 Å². The molecule has 0 saturated carbocycles.